The zero-order valence-corrected chi connectivity index (χ0v) is 11.0. The van der Waals surface area contributed by atoms with Gasteiger partial charge in [-0.3, -0.25) is 0 Å². The quantitative estimate of drug-likeness (QED) is 0.854. The molecular weight excluding hydrogens is 225 g/mol. The molecule has 0 amide bonds. The number of rotatable bonds is 4. The topological polar surface area (TPSA) is 12.0 Å². The molecule has 98 valence electrons. The van der Waals surface area contributed by atoms with Gasteiger partial charge in [-0.2, -0.15) is 0 Å². The SMILES string of the molecule is C[C@@H](NCc1cccc(F)c1)[C@H]1C[C@@H]2CC[C@@H]1C2. The van der Waals surface area contributed by atoms with Crippen molar-refractivity contribution in [2.45, 2.75) is 45.2 Å². The molecule has 2 bridgehead atoms. The second-order valence-electron chi connectivity index (χ2n) is 6.14. The van der Waals surface area contributed by atoms with Crippen molar-refractivity contribution >= 4 is 0 Å². The molecule has 0 aromatic heterocycles. The van der Waals surface area contributed by atoms with Gasteiger partial charge in [0.25, 0.3) is 0 Å². The van der Waals surface area contributed by atoms with Crippen LogP contribution in [0.25, 0.3) is 0 Å². The van der Waals surface area contributed by atoms with Gasteiger partial charge in [-0.25, -0.2) is 4.39 Å². The largest absolute Gasteiger partial charge is 0.310 e. The summed E-state index contributed by atoms with van der Waals surface area (Å²) in [6.45, 7) is 3.08. The van der Waals surface area contributed by atoms with Gasteiger partial charge < -0.3 is 5.32 Å². The first-order valence-corrected chi connectivity index (χ1v) is 7.20. The molecule has 1 aromatic rings. The Bertz CT molecular complexity index is 417. The molecule has 0 unspecified atom stereocenters. The molecule has 1 aromatic carbocycles. The number of hydrogen-bond acceptors (Lipinski definition) is 1. The maximum absolute atomic E-state index is 13.1. The van der Waals surface area contributed by atoms with Gasteiger partial charge in [-0.15, -0.1) is 0 Å². The Kier molecular flexibility index (Phi) is 3.38. The van der Waals surface area contributed by atoms with Crippen molar-refractivity contribution < 1.29 is 4.39 Å². The molecule has 18 heavy (non-hydrogen) atoms. The molecule has 4 atom stereocenters. The zero-order valence-electron chi connectivity index (χ0n) is 11.0. The van der Waals surface area contributed by atoms with E-state index in [1.807, 2.05) is 6.07 Å². The Balaban J connectivity index is 1.54. The first-order chi connectivity index (χ1) is 8.72. The average molecular weight is 247 g/mol. The van der Waals surface area contributed by atoms with Crippen LogP contribution >= 0.6 is 0 Å². The first-order valence-electron chi connectivity index (χ1n) is 7.20. The summed E-state index contributed by atoms with van der Waals surface area (Å²) in [5.74, 6) is 2.66. The van der Waals surface area contributed by atoms with Crippen LogP contribution in [-0.2, 0) is 6.54 Å². The van der Waals surface area contributed by atoms with Gasteiger partial charge in [0.15, 0.2) is 0 Å². The molecule has 0 heterocycles. The third-order valence-corrected chi connectivity index (χ3v) is 4.95. The lowest BCUT2D eigenvalue weighted by Gasteiger charge is -2.28. The molecule has 2 aliphatic rings. The van der Waals surface area contributed by atoms with Gasteiger partial charge in [-0.1, -0.05) is 18.6 Å². The second kappa shape index (κ2) is 5.00. The summed E-state index contributed by atoms with van der Waals surface area (Å²) >= 11 is 0. The fourth-order valence-electron chi connectivity index (χ4n) is 3.98. The molecule has 1 N–H and O–H groups in total. The van der Waals surface area contributed by atoms with E-state index < -0.39 is 0 Å². The summed E-state index contributed by atoms with van der Waals surface area (Å²) in [7, 11) is 0. The van der Waals surface area contributed by atoms with Crippen LogP contribution in [0.1, 0.15) is 38.2 Å². The number of fused-ring (bicyclic) bond motifs is 2. The molecule has 0 saturated heterocycles. The minimum atomic E-state index is -0.137. The summed E-state index contributed by atoms with van der Waals surface area (Å²) in [6.07, 6.45) is 5.75. The molecule has 0 aliphatic heterocycles. The van der Waals surface area contributed by atoms with Crippen molar-refractivity contribution in [3.8, 4) is 0 Å². The van der Waals surface area contributed by atoms with E-state index in [1.54, 1.807) is 12.1 Å². The summed E-state index contributed by atoms with van der Waals surface area (Å²) < 4.78 is 13.1. The monoisotopic (exact) mass is 247 g/mol. The summed E-state index contributed by atoms with van der Waals surface area (Å²) in [5.41, 5.74) is 1.05. The fourth-order valence-corrected chi connectivity index (χ4v) is 3.98. The van der Waals surface area contributed by atoms with Gasteiger partial charge in [-0.05, 0) is 61.6 Å². The maximum atomic E-state index is 13.1. The Morgan fingerprint density at radius 2 is 2.22 bits per heavy atom. The van der Waals surface area contributed by atoms with E-state index in [9.17, 15) is 4.39 Å². The molecule has 1 nitrogen and oxygen atoms in total. The van der Waals surface area contributed by atoms with E-state index in [0.29, 0.717) is 6.04 Å². The Hall–Kier alpha value is -0.890. The third kappa shape index (κ3) is 2.44. The second-order valence-corrected chi connectivity index (χ2v) is 6.14. The Labute approximate surface area is 109 Å². The highest BCUT2D eigenvalue weighted by atomic mass is 19.1. The van der Waals surface area contributed by atoms with Crippen LogP contribution in [0.5, 0.6) is 0 Å². The van der Waals surface area contributed by atoms with Crippen molar-refractivity contribution in [2.75, 3.05) is 0 Å². The van der Waals surface area contributed by atoms with E-state index >= 15 is 0 Å². The highest BCUT2D eigenvalue weighted by Gasteiger charge is 2.41. The fraction of sp³-hybridized carbons (Fsp3) is 0.625. The first kappa shape index (κ1) is 12.2. The van der Waals surface area contributed by atoms with Crippen molar-refractivity contribution in [1.82, 2.24) is 5.32 Å². The van der Waals surface area contributed by atoms with Crippen LogP contribution in [-0.4, -0.2) is 6.04 Å². The van der Waals surface area contributed by atoms with E-state index in [4.69, 9.17) is 0 Å². The molecule has 0 spiro atoms. The van der Waals surface area contributed by atoms with Gasteiger partial charge in [0, 0.05) is 12.6 Å². The predicted octanol–water partition coefficient (Wildman–Crippen LogP) is 3.74. The van der Waals surface area contributed by atoms with E-state index in [2.05, 4.69) is 12.2 Å². The summed E-state index contributed by atoms with van der Waals surface area (Å²) in [5, 5.41) is 3.59. The Morgan fingerprint density at radius 1 is 1.33 bits per heavy atom. The molecule has 0 radical (unpaired) electrons. The average Bonchev–Trinajstić information content (AvgIpc) is 2.98. The highest BCUT2D eigenvalue weighted by Crippen LogP contribution is 2.49. The van der Waals surface area contributed by atoms with Crippen molar-refractivity contribution in [2.24, 2.45) is 17.8 Å². The molecular formula is C16H22FN. The van der Waals surface area contributed by atoms with E-state index in [1.165, 1.54) is 31.7 Å². The molecule has 2 aliphatic carbocycles. The maximum Gasteiger partial charge on any atom is 0.123 e. The normalized spacial score (nSPS) is 31.8. The molecule has 2 heteroatoms. The predicted molar refractivity (Wildman–Crippen MR) is 71.6 cm³/mol. The third-order valence-electron chi connectivity index (χ3n) is 4.95. The van der Waals surface area contributed by atoms with Gasteiger partial charge in [0.2, 0.25) is 0 Å². The number of hydrogen-bond donors (Lipinski definition) is 1. The minimum absolute atomic E-state index is 0.137. The van der Waals surface area contributed by atoms with E-state index in [0.717, 1.165) is 29.9 Å². The van der Waals surface area contributed by atoms with Crippen molar-refractivity contribution in [1.29, 1.82) is 0 Å². The van der Waals surface area contributed by atoms with Crippen LogP contribution in [0.15, 0.2) is 24.3 Å². The smallest absolute Gasteiger partial charge is 0.123 e. The van der Waals surface area contributed by atoms with Gasteiger partial charge in [0.05, 0.1) is 0 Å². The molecule has 2 saturated carbocycles. The standard InChI is InChI=1S/C16H22FN/c1-11(16-9-12-5-6-14(16)7-12)18-10-13-3-2-4-15(17)8-13/h2-4,8,11-12,14,16,18H,5-7,9-10H2,1H3/t11-,12-,14-,16-/m1/s1. The van der Waals surface area contributed by atoms with Crippen molar-refractivity contribution in [3.05, 3.63) is 35.6 Å². The van der Waals surface area contributed by atoms with Gasteiger partial charge in [0.1, 0.15) is 5.82 Å². The molecule has 3 rings (SSSR count). The zero-order chi connectivity index (χ0) is 12.5. The summed E-state index contributed by atoms with van der Waals surface area (Å²) in [4.78, 5) is 0. The number of halogens is 1. The number of nitrogens with one attached hydrogen (secondary N) is 1. The van der Waals surface area contributed by atoms with Crippen molar-refractivity contribution in [3.63, 3.8) is 0 Å². The van der Waals surface area contributed by atoms with Gasteiger partial charge >= 0.3 is 0 Å². The van der Waals surface area contributed by atoms with Crippen LogP contribution in [0.2, 0.25) is 0 Å². The van der Waals surface area contributed by atoms with Crippen LogP contribution < -0.4 is 5.32 Å². The van der Waals surface area contributed by atoms with Crippen LogP contribution in [0.4, 0.5) is 4.39 Å². The van der Waals surface area contributed by atoms with Crippen LogP contribution in [0.3, 0.4) is 0 Å². The lowest BCUT2D eigenvalue weighted by atomic mass is 9.84. The lowest BCUT2D eigenvalue weighted by molar-refractivity contribution is 0.259. The molecule has 2 fully saturated rings. The van der Waals surface area contributed by atoms with E-state index in [-0.39, 0.29) is 5.82 Å². The minimum Gasteiger partial charge on any atom is -0.310 e. The number of benzene rings is 1. The lowest BCUT2D eigenvalue weighted by Crippen LogP contribution is -2.35. The van der Waals surface area contributed by atoms with Crippen LogP contribution in [0, 0.1) is 23.6 Å². The Morgan fingerprint density at radius 3 is 2.89 bits per heavy atom. The summed E-state index contributed by atoms with van der Waals surface area (Å²) in [6, 6.07) is 7.46. The highest BCUT2D eigenvalue weighted by molar-refractivity contribution is 5.16.